The van der Waals surface area contributed by atoms with E-state index in [0.717, 1.165) is 24.5 Å². The molecule has 0 aromatic rings. The summed E-state index contributed by atoms with van der Waals surface area (Å²) < 4.78 is 0. The first-order valence-electron chi connectivity index (χ1n) is 8.98. The Morgan fingerprint density at radius 3 is 2.35 bits per heavy atom. The van der Waals surface area contributed by atoms with Crippen LogP contribution in [0.25, 0.3) is 0 Å². The smallest absolute Gasteiger partial charge is 0.0138 e. The lowest BCUT2D eigenvalue weighted by molar-refractivity contribution is 0.0365. The summed E-state index contributed by atoms with van der Waals surface area (Å²) in [6.45, 7) is 10.6. The van der Waals surface area contributed by atoms with Crippen molar-refractivity contribution in [1.82, 2.24) is 9.80 Å². The first-order chi connectivity index (χ1) is 9.80. The van der Waals surface area contributed by atoms with Crippen LogP contribution in [-0.2, 0) is 0 Å². The van der Waals surface area contributed by atoms with Gasteiger partial charge in [0.15, 0.2) is 0 Å². The molecule has 0 spiro atoms. The van der Waals surface area contributed by atoms with E-state index in [9.17, 15) is 0 Å². The molecule has 1 heterocycles. The Kier molecular flexibility index (Phi) is 6.79. The first-order valence-corrected chi connectivity index (χ1v) is 8.98. The second-order valence-electron chi connectivity index (χ2n) is 6.75. The lowest BCUT2D eigenvalue weighted by atomic mass is 9.82. The van der Waals surface area contributed by atoms with Crippen molar-refractivity contribution in [2.45, 2.75) is 70.9 Å². The van der Waals surface area contributed by atoms with Gasteiger partial charge >= 0.3 is 0 Å². The third-order valence-corrected chi connectivity index (χ3v) is 5.53. The molecule has 20 heavy (non-hydrogen) atoms. The molecule has 0 aromatic heterocycles. The summed E-state index contributed by atoms with van der Waals surface area (Å²) >= 11 is 0. The highest BCUT2D eigenvalue weighted by atomic mass is 15.2. The highest BCUT2D eigenvalue weighted by molar-refractivity contribution is 4.89. The van der Waals surface area contributed by atoms with Crippen molar-refractivity contribution in [2.75, 3.05) is 32.7 Å². The highest BCUT2D eigenvalue weighted by Gasteiger charge is 2.33. The van der Waals surface area contributed by atoms with Crippen LogP contribution in [0.5, 0.6) is 0 Å². The van der Waals surface area contributed by atoms with E-state index in [2.05, 4.69) is 23.6 Å². The summed E-state index contributed by atoms with van der Waals surface area (Å²) in [4.78, 5) is 5.46. The Balaban J connectivity index is 1.91. The summed E-state index contributed by atoms with van der Waals surface area (Å²) in [5.74, 6) is 0.748. The summed E-state index contributed by atoms with van der Waals surface area (Å²) in [5, 5.41) is 0. The molecule has 1 saturated carbocycles. The standard InChI is InChI=1S/C17H35N3/c1-3-11-19-12-9-16(10-13-19)20(4-2)17-8-6-5-7-15(17)14-18/h15-17H,3-14,18H2,1-2H3. The molecule has 118 valence electrons. The van der Waals surface area contributed by atoms with Crippen LogP contribution in [0.1, 0.15) is 58.8 Å². The van der Waals surface area contributed by atoms with Gasteiger partial charge in [0.25, 0.3) is 0 Å². The Morgan fingerprint density at radius 2 is 1.75 bits per heavy atom. The molecule has 0 amide bonds. The number of piperidine rings is 1. The third-order valence-electron chi connectivity index (χ3n) is 5.53. The van der Waals surface area contributed by atoms with E-state index in [1.165, 1.54) is 71.1 Å². The zero-order valence-electron chi connectivity index (χ0n) is 13.7. The fourth-order valence-corrected chi connectivity index (χ4v) is 4.45. The van der Waals surface area contributed by atoms with Gasteiger partial charge in [0.1, 0.15) is 0 Å². The van der Waals surface area contributed by atoms with E-state index < -0.39 is 0 Å². The van der Waals surface area contributed by atoms with Gasteiger partial charge in [-0.15, -0.1) is 0 Å². The van der Waals surface area contributed by atoms with Gasteiger partial charge in [-0.2, -0.15) is 0 Å². The van der Waals surface area contributed by atoms with Gasteiger partial charge in [0.2, 0.25) is 0 Å². The minimum Gasteiger partial charge on any atom is -0.330 e. The normalized spacial score (nSPS) is 30.0. The van der Waals surface area contributed by atoms with Crippen LogP contribution in [-0.4, -0.2) is 54.6 Å². The quantitative estimate of drug-likeness (QED) is 0.812. The molecule has 0 radical (unpaired) electrons. The average molecular weight is 281 g/mol. The van der Waals surface area contributed by atoms with Crippen LogP contribution in [0.15, 0.2) is 0 Å². The van der Waals surface area contributed by atoms with Crippen molar-refractivity contribution in [3.05, 3.63) is 0 Å². The van der Waals surface area contributed by atoms with Crippen LogP contribution in [0.2, 0.25) is 0 Å². The molecule has 2 rings (SSSR count). The molecular formula is C17H35N3. The lowest BCUT2D eigenvalue weighted by Crippen LogP contribution is -2.53. The molecule has 2 N–H and O–H groups in total. The zero-order chi connectivity index (χ0) is 14.4. The van der Waals surface area contributed by atoms with Crippen molar-refractivity contribution in [3.63, 3.8) is 0 Å². The van der Waals surface area contributed by atoms with Crippen LogP contribution >= 0.6 is 0 Å². The molecule has 1 saturated heterocycles. The summed E-state index contributed by atoms with van der Waals surface area (Å²) in [5.41, 5.74) is 6.04. The topological polar surface area (TPSA) is 32.5 Å². The van der Waals surface area contributed by atoms with Gasteiger partial charge in [-0.25, -0.2) is 0 Å². The van der Waals surface area contributed by atoms with Gasteiger partial charge in [-0.05, 0) is 70.7 Å². The molecular weight excluding hydrogens is 246 g/mol. The zero-order valence-corrected chi connectivity index (χ0v) is 13.7. The molecule has 2 aliphatic rings. The highest BCUT2D eigenvalue weighted by Crippen LogP contribution is 2.31. The predicted molar refractivity (Wildman–Crippen MR) is 86.9 cm³/mol. The van der Waals surface area contributed by atoms with Crippen molar-refractivity contribution >= 4 is 0 Å². The van der Waals surface area contributed by atoms with Crippen molar-refractivity contribution in [2.24, 2.45) is 11.7 Å². The van der Waals surface area contributed by atoms with Gasteiger partial charge < -0.3 is 10.6 Å². The average Bonchev–Trinajstić information content (AvgIpc) is 2.50. The van der Waals surface area contributed by atoms with Crippen LogP contribution in [0.4, 0.5) is 0 Å². The van der Waals surface area contributed by atoms with Crippen LogP contribution < -0.4 is 5.73 Å². The molecule has 1 aliphatic heterocycles. The Bertz CT molecular complexity index is 261. The van der Waals surface area contributed by atoms with Gasteiger partial charge in [0.05, 0.1) is 0 Å². The maximum absolute atomic E-state index is 6.04. The molecule has 2 unspecified atom stereocenters. The number of rotatable bonds is 6. The summed E-state index contributed by atoms with van der Waals surface area (Å²) in [6, 6.07) is 1.58. The minimum atomic E-state index is 0.748. The van der Waals surface area contributed by atoms with E-state index >= 15 is 0 Å². The van der Waals surface area contributed by atoms with Crippen LogP contribution in [0.3, 0.4) is 0 Å². The minimum absolute atomic E-state index is 0.748. The van der Waals surface area contributed by atoms with E-state index in [4.69, 9.17) is 5.73 Å². The second-order valence-corrected chi connectivity index (χ2v) is 6.75. The van der Waals surface area contributed by atoms with Gasteiger partial charge in [0, 0.05) is 12.1 Å². The number of nitrogens with two attached hydrogens (primary N) is 1. The van der Waals surface area contributed by atoms with Crippen LogP contribution in [0, 0.1) is 5.92 Å². The monoisotopic (exact) mass is 281 g/mol. The van der Waals surface area contributed by atoms with Gasteiger partial charge in [-0.1, -0.05) is 26.7 Å². The summed E-state index contributed by atoms with van der Waals surface area (Å²) in [7, 11) is 0. The molecule has 2 fully saturated rings. The predicted octanol–water partition coefficient (Wildman–Crippen LogP) is 2.70. The molecule has 3 heteroatoms. The molecule has 0 bridgehead atoms. The first kappa shape index (κ1) is 16.3. The van der Waals surface area contributed by atoms with E-state index in [0.29, 0.717) is 0 Å². The molecule has 0 aromatic carbocycles. The molecule has 1 aliphatic carbocycles. The number of nitrogens with zero attached hydrogens (tertiary/aromatic N) is 2. The Hall–Kier alpha value is -0.120. The molecule has 3 nitrogen and oxygen atoms in total. The number of hydrogen-bond donors (Lipinski definition) is 1. The lowest BCUT2D eigenvalue weighted by Gasteiger charge is -2.46. The van der Waals surface area contributed by atoms with E-state index in [-0.39, 0.29) is 0 Å². The fourth-order valence-electron chi connectivity index (χ4n) is 4.45. The largest absolute Gasteiger partial charge is 0.330 e. The fraction of sp³-hybridized carbons (Fsp3) is 1.00. The number of likely N-dealkylation sites (tertiary alicyclic amines) is 1. The Labute approximate surface area is 125 Å². The number of hydrogen-bond acceptors (Lipinski definition) is 3. The van der Waals surface area contributed by atoms with E-state index in [1.54, 1.807) is 0 Å². The molecule has 2 atom stereocenters. The maximum atomic E-state index is 6.04. The second kappa shape index (κ2) is 8.35. The van der Waals surface area contributed by atoms with Crippen molar-refractivity contribution in [3.8, 4) is 0 Å². The maximum Gasteiger partial charge on any atom is 0.0138 e. The SMILES string of the molecule is CCCN1CCC(N(CC)C2CCCCC2CN)CC1. The Morgan fingerprint density at radius 1 is 1.05 bits per heavy atom. The van der Waals surface area contributed by atoms with Crippen molar-refractivity contribution < 1.29 is 0 Å². The van der Waals surface area contributed by atoms with Gasteiger partial charge in [-0.3, -0.25) is 4.90 Å². The third kappa shape index (κ3) is 3.96. The summed E-state index contributed by atoms with van der Waals surface area (Å²) in [6.07, 6.45) is 9.55. The van der Waals surface area contributed by atoms with Crippen molar-refractivity contribution in [1.29, 1.82) is 0 Å². The van der Waals surface area contributed by atoms with E-state index in [1.807, 2.05) is 0 Å².